The number of aromatic nitrogens is 2. The summed E-state index contributed by atoms with van der Waals surface area (Å²) in [7, 11) is 1.88. The number of aryl methyl sites for hydroxylation is 1. The summed E-state index contributed by atoms with van der Waals surface area (Å²) in [4.78, 5) is 30.8. The molecule has 194 valence electrons. The zero-order chi connectivity index (χ0) is 26.0. The van der Waals surface area contributed by atoms with Crippen molar-refractivity contribution in [1.29, 1.82) is 0 Å². The van der Waals surface area contributed by atoms with Gasteiger partial charge >= 0.3 is 12.1 Å². The van der Waals surface area contributed by atoms with Gasteiger partial charge in [0.15, 0.2) is 0 Å². The molecule has 2 heterocycles. The fraction of sp³-hybridized carbons (Fsp3) is 0.393. The molecule has 0 spiro atoms. The van der Waals surface area contributed by atoms with E-state index in [0.717, 1.165) is 0 Å². The number of carboxylic acids is 1. The number of likely N-dealkylation sites (tertiary alicyclic amines) is 1. The van der Waals surface area contributed by atoms with Crippen molar-refractivity contribution in [2.24, 2.45) is 7.05 Å². The summed E-state index contributed by atoms with van der Waals surface area (Å²) in [6.07, 6.45) is 3.88. The molecule has 2 aliphatic rings. The van der Waals surface area contributed by atoms with Gasteiger partial charge in [-0.2, -0.15) is 0 Å². The van der Waals surface area contributed by atoms with E-state index in [1.165, 1.54) is 22.3 Å². The lowest BCUT2D eigenvalue weighted by Gasteiger charge is -2.36. The smallest absolute Gasteiger partial charge is 0.409 e. The summed E-state index contributed by atoms with van der Waals surface area (Å²) in [5.74, 6) is -0.310. The van der Waals surface area contributed by atoms with Crippen LogP contribution in [0, 0.1) is 0 Å². The minimum Gasteiger partial charge on any atom is -0.480 e. The van der Waals surface area contributed by atoms with E-state index in [9.17, 15) is 14.7 Å². The molecule has 1 aromatic heterocycles. The number of carboxylic acid groups (broad SMARTS) is 1. The summed E-state index contributed by atoms with van der Waals surface area (Å²) in [6.45, 7) is 0.887. The topological polar surface area (TPSA) is 93.9 Å². The molecule has 3 aromatic rings. The lowest BCUT2D eigenvalue weighted by molar-refractivity contribution is -0.153. The number of amides is 1. The molecule has 1 saturated heterocycles. The van der Waals surface area contributed by atoms with Crippen LogP contribution in [0.5, 0.6) is 0 Å². The lowest BCUT2D eigenvalue weighted by atomic mass is 9.89. The highest BCUT2D eigenvalue weighted by atomic mass is 79.9. The highest BCUT2D eigenvalue weighted by Crippen LogP contribution is 2.44. The van der Waals surface area contributed by atoms with Gasteiger partial charge in [0.05, 0.1) is 0 Å². The number of halogens is 1. The van der Waals surface area contributed by atoms with Gasteiger partial charge in [-0.25, -0.2) is 14.6 Å². The molecule has 1 aliphatic heterocycles. The highest BCUT2D eigenvalue weighted by molar-refractivity contribution is 9.10. The van der Waals surface area contributed by atoms with Crippen molar-refractivity contribution in [3.63, 3.8) is 0 Å². The monoisotopic (exact) mass is 567 g/mol. The van der Waals surface area contributed by atoms with Crippen molar-refractivity contribution in [1.82, 2.24) is 14.5 Å². The van der Waals surface area contributed by atoms with Crippen LogP contribution in [0.25, 0.3) is 11.1 Å². The van der Waals surface area contributed by atoms with Crippen LogP contribution in [-0.4, -0.2) is 57.9 Å². The van der Waals surface area contributed by atoms with Gasteiger partial charge in [-0.3, -0.25) is 0 Å². The third-order valence-corrected chi connectivity index (χ3v) is 7.72. The molecule has 2 aromatic carbocycles. The number of aliphatic carboxylic acids is 1. The Bertz CT molecular complexity index is 1250. The summed E-state index contributed by atoms with van der Waals surface area (Å²) in [5.41, 5.74) is 3.94. The standard InChI is InChI=1S/C28H30BrN3O5/c1-31-16-24(29)30-26(31)28(37-18-25(33)34)12-6-14-32(15-7-13-28)27(35)36-17-23-21-10-4-2-8-19(21)20-9-3-5-11-22(20)23/h2-5,8-11,16,23H,6-7,12-15,17-18H2,1H3,(H,33,34). The SMILES string of the molecule is Cn1cc(Br)nc1C1(OCC(=O)O)CCCN(C(=O)OCC2c3ccccc3-c3ccccc32)CCC1. The van der Waals surface area contributed by atoms with Crippen LogP contribution < -0.4 is 0 Å². The predicted octanol–water partition coefficient (Wildman–Crippen LogP) is 5.30. The molecule has 9 heteroatoms. The molecule has 5 rings (SSSR count). The zero-order valence-electron chi connectivity index (χ0n) is 20.7. The molecular formula is C28H30BrN3O5. The average molecular weight is 568 g/mol. The van der Waals surface area contributed by atoms with E-state index >= 15 is 0 Å². The second-order valence-electron chi connectivity index (χ2n) is 9.67. The first-order chi connectivity index (χ1) is 17.9. The largest absolute Gasteiger partial charge is 0.480 e. The van der Waals surface area contributed by atoms with Crippen molar-refractivity contribution in [3.05, 3.63) is 76.3 Å². The van der Waals surface area contributed by atoms with Crippen LogP contribution in [0.15, 0.2) is 59.3 Å². The maximum Gasteiger partial charge on any atom is 0.409 e. The predicted molar refractivity (Wildman–Crippen MR) is 141 cm³/mol. The first-order valence-electron chi connectivity index (χ1n) is 12.5. The van der Waals surface area contributed by atoms with Gasteiger partial charge in [0.1, 0.15) is 29.2 Å². The van der Waals surface area contributed by atoms with Crippen molar-refractivity contribution in [2.75, 3.05) is 26.3 Å². The number of ether oxygens (including phenoxy) is 2. The Labute approximate surface area is 224 Å². The Hall–Kier alpha value is -3.17. The van der Waals surface area contributed by atoms with E-state index in [-0.39, 0.29) is 18.6 Å². The number of hydrogen-bond donors (Lipinski definition) is 1. The molecule has 0 bridgehead atoms. The number of rotatable bonds is 6. The number of imidazole rings is 1. The van der Waals surface area contributed by atoms with Crippen LogP contribution in [0.3, 0.4) is 0 Å². The number of hydrogen-bond acceptors (Lipinski definition) is 5. The molecule has 1 fully saturated rings. The van der Waals surface area contributed by atoms with E-state index < -0.39 is 18.2 Å². The summed E-state index contributed by atoms with van der Waals surface area (Å²) in [6, 6.07) is 16.6. The summed E-state index contributed by atoms with van der Waals surface area (Å²) < 4.78 is 14.4. The number of fused-ring (bicyclic) bond motifs is 3. The first-order valence-corrected chi connectivity index (χ1v) is 13.3. The molecular weight excluding hydrogens is 538 g/mol. The number of carbonyl (C=O) groups is 2. The molecule has 8 nitrogen and oxygen atoms in total. The minimum absolute atomic E-state index is 0.0186. The normalized spacial score (nSPS) is 17.0. The van der Waals surface area contributed by atoms with Crippen LogP contribution in [0.2, 0.25) is 0 Å². The van der Waals surface area contributed by atoms with Crippen molar-refractivity contribution < 1.29 is 24.2 Å². The Morgan fingerprint density at radius 3 is 2.19 bits per heavy atom. The van der Waals surface area contributed by atoms with Gasteiger partial charge in [0, 0.05) is 32.3 Å². The van der Waals surface area contributed by atoms with Crippen LogP contribution >= 0.6 is 15.9 Å². The van der Waals surface area contributed by atoms with Crippen molar-refractivity contribution in [2.45, 2.75) is 37.2 Å². The second kappa shape index (κ2) is 10.7. The van der Waals surface area contributed by atoms with Gasteiger partial charge in [-0.1, -0.05) is 48.5 Å². The van der Waals surface area contributed by atoms with Crippen molar-refractivity contribution >= 4 is 28.0 Å². The van der Waals surface area contributed by atoms with E-state index in [1.54, 1.807) is 4.90 Å². The number of carbonyl (C=O) groups excluding carboxylic acids is 1. The minimum atomic E-state index is -1.02. The molecule has 1 N–H and O–H groups in total. The maximum atomic E-state index is 13.1. The summed E-state index contributed by atoms with van der Waals surface area (Å²) in [5, 5.41) is 9.26. The maximum absolute atomic E-state index is 13.1. The Morgan fingerprint density at radius 2 is 1.65 bits per heavy atom. The average Bonchev–Trinajstić information content (AvgIpc) is 3.38. The third-order valence-electron chi connectivity index (χ3n) is 7.34. The van der Waals surface area contributed by atoms with Crippen LogP contribution in [0.4, 0.5) is 4.79 Å². The Kier molecular flexibility index (Phi) is 7.35. The van der Waals surface area contributed by atoms with E-state index in [4.69, 9.17) is 9.47 Å². The fourth-order valence-electron chi connectivity index (χ4n) is 5.70. The highest BCUT2D eigenvalue weighted by Gasteiger charge is 2.39. The molecule has 1 amide bonds. The van der Waals surface area contributed by atoms with E-state index in [0.29, 0.717) is 49.2 Å². The lowest BCUT2D eigenvalue weighted by Crippen LogP contribution is -2.41. The molecule has 1 aliphatic carbocycles. The molecule has 37 heavy (non-hydrogen) atoms. The van der Waals surface area contributed by atoms with Gasteiger partial charge in [0.2, 0.25) is 0 Å². The van der Waals surface area contributed by atoms with Crippen molar-refractivity contribution in [3.8, 4) is 11.1 Å². The quantitative estimate of drug-likeness (QED) is 0.434. The Morgan fingerprint density at radius 1 is 1.05 bits per heavy atom. The van der Waals surface area contributed by atoms with E-state index in [1.807, 2.05) is 42.1 Å². The van der Waals surface area contributed by atoms with Gasteiger partial charge in [0.25, 0.3) is 0 Å². The first kappa shape index (κ1) is 25.5. The second-order valence-corrected chi connectivity index (χ2v) is 10.5. The Balaban J connectivity index is 1.25. The van der Waals surface area contributed by atoms with Crippen LogP contribution in [0.1, 0.15) is 48.6 Å². The van der Waals surface area contributed by atoms with Gasteiger partial charge < -0.3 is 24.0 Å². The molecule has 0 saturated carbocycles. The molecule has 0 radical (unpaired) electrons. The molecule has 0 atom stereocenters. The van der Waals surface area contributed by atoms with Gasteiger partial charge in [-0.05, 0) is 63.9 Å². The zero-order valence-corrected chi connectivity index (χ0v) is 22.3. The van der Waals surface area contributed by atoms with E-state index in [2.05, 4.69) is 45.2 Å². The number of nitrogens with zero attached hydrogens (tertiary/aromatic N) is 3. The van der Waals surface area contributed by atoms with Crippen LogP contribution in [-0.2, 0) is 26.9 Å². The van der Waals surface area contributed by atoms with Gasteiger partial charge in [-0.15, -0.1) is 0 Å². The third kappa shape index (κ3) is 5.15. The fourth-order valence-corrected chi connectivity index (χ4v) is 6.18. The number of benzene rings is 2. The molecule has 0 unspecified atom stereocenters. The summed E-state index contributed by atoms with van der Waals surface area (Å²) >= 11 is 3.41.